The Bertz CT molecular complexity index is 813. The van der Waals surface area contributed by atoms with E-state index in [0.717, 1.165) is 24.2 Å². The summed E-state index contributed by atoms with van der Waals surface area (Å²) in [4.78, 5) is 18.1. The molecule has 3 heterocycles. The molecule has 1 atom stereocenters. The number of hydrogen-bond acceptors (Lipinski definition) is 4. The van der Waals surface area contributed by atoms with Crippen LogP contribution in [0.2, 0.25) is 0 Å². The van der Waals surface area contributed by atoms with E-state index < -0.39 is 11.7 Å². The van der Waals surface area contributed by atoms with Crippen LogP contribution in [0.4, 0.5) is 13.2 Å². The van der Waals surface area contributed by atoms with E-state index in [1.54, 1.807) is 18.7 Å². The molecule has 0 radical (unpaired) electrons. The lowest BCUT2D eigenvalue weighted by atomic mass is 10.1. The number of rotatable bonds is 3. The van der Waals surface area contributed by atoms with Gasteiger partial charge in [-0.05, 0) is 32.4 Å². The van der Waals surface area contributed by atoms with Crippen molar-refractivity contribution < 1.29 is 18.0 Å². The Morgan fingerprint density at radius 1 is 1.35 bits per heavy atom. The van der Waals surface area contributed by atoms with Crippen LogP contribution in [0.1, 0.15) is 28.9 Å². The third-order valence-electron chi connectivity index (χ3n) is 4.64. The van der Waals surface area contributed by atoms with Gasteiger partial charge in [0.1, 0.15) is 0 Å². The number of aryl methyl sites for hydroxylation is 1. The first-order valence-electron chi connectivity index (χ1n) is 8.29. The van der Waals surface area contributed by atoms with Gasteiger partial charge in [0.2, 0.25) is 5.91 Å². The molecule has 1 saturated heterocycles. The number of nitrogens with two attached hydrogens (primary N) is 1. The first-order chi connectivity index (χ1) is 12.2. The Morgan fingerprint density at radius 2 is 2.08 bits per heavy atom. The van der Waals surface area contributed by atoms with Gasteiger partial charge in [-0.2, -0.15) is 18.3 Å². The summed E-state index contributed by atoms with van der Waals surface area (Å²) in [6.07, 6.45) is -2.68. The average Bonchev–Trinajstić information content (AvgIpc) is 3.13. The Balaban J connectivity index is 1.83. The van der Waals surface area contributed by atoms with E-state index in [2.05, 4.69) is 10.1 Å². The molecule has 0 aromatic carbocycles. The normalized spacial score (nSPS) is 17.8. The second-order valence-corrected chi connectivity index (χ2v) is 6.53. The van der Waals surface area contributed by atoms with Crippen LogP contribution in [-0.2, 0) is 17.4 Å². The number of pyridine rings is 1. The van der Waals surface area contributed by atoms with Gasteiger partial charge in [-0.25, -0.2) is 9.67 Å². The molecule has 1 aliphatic heterocycles. The fourth-order valence-electron chi connectivity index (χ4n) is 3.11. The fraction of sp³-hybridized carbons (Fsp3) is 0.471. The maximum Gasteiger partial charge on any atom is 0.417 e. The van der Waals surface area contributed by atoms with Gasteiger partial charge in [0.25, 0.3) is 0 Å². The van der Waals surface area contributed by atoms with E-state index in [-0.39, 0.29) is 24.2 Å². The summed E-state index contributed by atoms with van der Waals surface area (Å²) in [5, 5.41) is 4.34. The summed E-state index contributed by atoms with van der Waals surface area (Å²) >= 11 is 0. The second-order valence-electron chi connectivity index (χ2n) is 6.53. The van der Waals surface area contributed by atoms with Crippen LogP contribution in [0.25, 0.3) is 5.82 Å². The highest BCUT2D eigenvalue weighted by Gasteiger charge is 2.31. The van der Waals surface area contributed by atoms with E-state index in [9.17, 15) is 18.0 Å². The summed E-state index contributed by atoms with van der Waals surface area (Å²) in [5.41, 5.74) is 7.13. The van der Waals surface area contributed by atoms with Crippen LogP contribution in [0.3, 0.4) is 0 Å². The molecule has 26 heavy (non-hydrogen) atoms. The Hall–Kier alpha value is -2.42. The number of nitrogens with zero attached hydrogens (tertiary/aromatic N) is 4. The zero-order valence-electron chi connectivity index (χ0n) is 14.5. The van der Waals surface area contributed by atoms with Gasteiger partial charge in [0.05, 0.1) is 17.7 Å². The molecule has 1 amide bonds. The monoisotopic (exact) mass is 367 g/mol. The molecule has 140 valence electrons. The molecule has 0 aliphatic carbocycles. The molecule has 0 spiro atoms. The summed E-state index contributed by atoms with van der Waals surface area (Å²) in [5.74, 6) is 0.254. The van der Waals surface area contributed by atoms with Crippen molar-refractivity contribution in [3.63, 3.8) is 0 Å². The zero-order valence-corrected chi connectivity index (χ0v) is 14.5. The fourth-order valence-corrected chi connectivity index (χ4v) is 3.11. The van der Waals surface area contributed by atoms with Crippen molar-refractivity contribution in [1.29, 1.82) is 0 Å². The standard InChI is InChI=1S/C17H20F3N5O/c1-10-14(7-16(26)24-6-5-13(21)9-24)11(2)25(23-10)15-4-3-12(8-22-15)17(18,19)20/h3-4,8,13H,5-7,9,21H2,1-2H3/t13-/m1/s1. The summed E-state index contributed by atoms with van der Waals surface area (Å²) in [6, 6.07) is 2.25. The minimum Gasteiger partial charge on any atom is -0.341 e. The molecule has 0 unspecified atom stereocenters. The number of hydrogen-bond donors (Lipinski definition) is 1. The molecular weight excluding hydrogens is 347 g/mol. The van der Waals surface area contributed by atoms with Crippen LogP contribution < -0.4 is 5.73 Å². The lowest BCUT2D eigenvalue weighted by Gasteiger charge is -2.15. The van der Waals surface area contributed by atoms with Crippen molar-refractivity contribution >= 4 is 5.91 Å². The van der Waals surface area contributed by atoms with Gasteiger partial charge < -0.3 is 10.6 Å². The molecule has 6 nitrogen and oxygen atoms in total. The molecule has 0 bridgehead atoms. The molecule has 2 aromatic rings. The maximum absolute atomic E-state index is 12.7. The molecule has 0 saturated carbocycles. The average molecular weight is 367 g/mol. The van der Waals surface area contributed by atoms with Crippen molar-refractivity contribution in [2.45, 2.75) is 38.9 Å². The van der Waals surface area contributed by atoms with Crippen LogP contribution in [0, 0.1) is 13.8 Å². The van der Waals surface area contributed by atoms with Crippen LogP contribution in [0.5, 0.6) is 0 Å². The van der Waals surface area contributed by atoms with Crippen molar-refractivity contribution in [3.05, 3.63) is 40.8 Å². The van der Waals surface area contributed by atoms with Gasteiger partial charge >= 0.3 is 6.18 Å². The van der Waals surface area contributed by atoms with Crippen LogP contribution in [-0.4, -0.2) is 44.7 Å². The van der Waals surface area contributed by atoms with E-state index >= 15 is 0 Å². The summed E-state index contributed by atoms with van der Waals surface area (Å²) < 4.78 is 39.5. The minimum absolute atomic E-state index is 0.0141. The molecule has 1 fully saturated rings. The number of carbonyl (C=O) groups excluding carboxylic acids is 1. The third kappa shape index (κ3) is 3.57. The predicted octanol–water partition coefficient (Wildman–Crippen LogP) is 2.01. The largest absolute Gasteiger partial charge is 0.417 e. The number of aromatic nitrogens is 3. The minimum atomic E-state index is -4.44. The highest BCUT2D eigenvalue weighted by molar-refractivity contribution is 5.79. The van der Waals surface area contributed by atoms with Crippen molar-refractivity contribution in [1.82, 2.24) is 19.7 Å². The van der Waals surface area contributed by atoms with Crippen LogP contribution >= 0.6 is 0 Å². The van der Waals surface area contributed by atoms with Crippen molar-refractivity contribution in [2.24, 2.45) is 5.73 Å². The lowest BCUT2D eigenvalue weighted by molar-refractivity contribution is -0.137. The van der Waals surface area contributed by atoms with E-state index in [0.29, 0.717) is 24.5 Å². The van der Waals surface area contributed by atoms with Crippen molar-refractivity contribution in [2.75, 3.05) is 13.1 Å². The van der Waals surface area contributed by atoms with E-state index in [1.807, 2.05) is 0 Å². The topological polar surface area (TPSA) is 77.0 Å². The number of likely N-dealkylation sites (tertiary alicyclic amines) is 1. The smallest absolute Gasteiger partial charge is 0.341 e. The predicted molar refractivity (Wildman–Crippen MR) is 88.7 cm³/mol. The zero-order chi connectivity index (χ0) is 19.1. The van der Waals surface area contributed by atoms with Crippen LogP contribution in [0.15, 0.2) is 18.3 Å². The first-order valence-corrected chi connectivity index (χ1v) is 8.29. The maximum atomic E-state index is 12.7. The van der Waals surface area contributed by atoms with Gasteiger partial charge in [0.15, 0.2) is 5.82 Å². The lowest BCUT2D eigenvalue weighted by Crippen LogP contribution is -2.33. The van der Waals surface area contributed by atoms with Gasteiger partial charge in [-0.15, -0.1) is 0 Å². The molecular formula is C17H20F3N5O. The second kappa shape index (κ2) is 6.71. The number of amides is 1. The SMILES string of the molecule is Cc1nn(-c2ccc(C(F)(F)F)cn2)c(C)c1CC(=O)N1CC[C@@H](N)C1. The van der Waals surface area contributed by atoms with Gasteiger partial charge in [-0.3, -0.25) is 4.79 Å². The highest BCUT2D eigenvalue weighted by Crippen LogP contribution is 2.29. The molecule has 3 rings (SSSR count). The summed E-state index contributed by atoms with van der Waals surface area (Å²) in [7, 11) is 0. The highest BCUT2D eigenvalue weighted by atomic mass is 19.4. The molecule has 1 aliphatic rings. The Kier molecular flexibility index (Phi) is 4.74. The number of alkyl halides is 3. The Morgan fingerprint density at radius 3 is 2.62 bits per heavy atom. The summed E-state index contributed by atoms with van der Waals surface area (Å²) in [6.45, 7) is 4.74. The molecule has 2 N–H and O–H groups in total. The van der Waals surface area contributed by atoms with Crippen molar-refractivity contribution in [3.8, 4) is 5.82 Å². The Labute approximate surface area is 148 Å². The first kappa shape index (κ1) is 18.4. The van der Waals surface area contributed by atoms with E-state index in [1.165, 1.54) is 10.7 Å². The van der Waals surface area contributed by atoms with Gasteiger partial charge in [0, 0.05) is 36.6 Å². The third-order valence-corrected chi connectivity index (χ3v) is 4.64. The quantitative estimate of drug-likeness (QED) is 0.900. The molecule has 2 aromatic heterocycles. The molecule has 9 heteroatoms. The van der Waals surface area contributed by atoms with E-state index in [4.69, 9.17) is 5.73 Å². The number of carbonyl (C=O) groups is 1. The van der Waals surface area contributed by atoms with Gasteiger partial charge in [-0.1, -0.05) is 0 Å². The number of halogens is 3.